The molecule has 0 aliphatic carbocycles. The van der Waals surface area contributed by atoms with Gasteiger partial charge in [-0.3, -0.25) is 4.98 Å². The number of nitrogens with zero attached hydrogens (tertiary/aromatic N) is 6. The highest BCUT2D eigenvalue weighted by Gasteiger charge is 2.24. The molecule has 1 fully saturated rings. The van der Waals surface area contributed by atoms with Crippen molar-refractivity contribution in [2.24, 2.45) is 0 Å². The molecule has 0 radical (unpaired) electrons. The molecule has 1 unspecified atom stereocenters. The van der Waals surface area contributed by atoms with E-state index < -0.39 is 11.9 Å². The smallest absolute Gasteiger partial charge is 0.161 e. The minimum atomic E-state index is -1.33. The van der Waals surface area contributed by atoms with Crippen molar-refractivity contribution in [1.29, 1.82) is 0 Å². The third-order valence-electron chi connectivity index (χ3n) is 6.26. The molecule has 176 valence electrons. The summed E-state index contributed by atoms with van der Waals surface area (Å²) in [7, 11) is 0. The van der Waals surface area contributed by atoms with Gasteiger partial charge in [-0.1, -0.05) is 0 Å². The Balaban J connectivity index is 1.45. The summed E-state index contributed by atoms with van der Waals surface area (Å²) < 4.78 is 22.3. The zero-order valence-corrected chi connectivity index (χ0v) is 18.5. The van der Waals surface area contributed by atoms with Gasteiger partial charge < -0.3 is 24.3 Å². The predicted molar refractivity (Wildman–Crippen MR) is 127 cm³/mol. The van der Waals surface area contributed by atoms with Crippen LogP contribution in [0.3, 0.4) is 0 Å². The van der Waals surface area contributed by atoms with E-state index in [1.807, 2.05) is 18.2 Å². The molecule has 4 heterocycles. The summed E-state index contributed by atoms with van der Waals surface area (Å²) in [6.07, 6.45) is 6.59. The largest absolute Gasteiger partial charge is 0.507 e. The number of imidazole rings is 1. The van der Waals surface area contributed by atoms with Gasteiger partial charge in [0.05, 0.1) is 24.4 Å². The second-order valence-corrected chi connectivity index (χ2v) is 8.29. The molecular formula is C25H21FN6O3. The number of fused-ring (bicyclic) bond motifs is 2. The van der Waals surface area contributed by atoms with E-state index in [1.54, 1.807) is 23.0 Å². The van der Waals surface area contributed by atoms with Crippen LogP contribution in [0.15, 0.2) is 61.4 Å². The van der Waals surface area contributed by atoms with Gasteiger partial charge in [0, 0.05) is 66.1 Å². The first kappa shape index (κ1) is 21.4. The number of aliphatic hydroxyl groups excluding tert-OH is 1. The maximum absolute atomic E-state index is 15.1. The fraction of sp³-hybridized carbons (Fsp3) is 0.200. The Morgan fingerprint density at radius 2 is 1.77 bits per heavy atom. The number of halogens is 1. The Hall–Kier alpha value is -4.15. The molecule has 10 heteroatoms. The van der Waals surface area contributed by atoms with E-state index in [9.17, 15) is 10.2 Å². The summed E-state index contributed by atoms with van der Waals surface area (Å²) in [6, 6.07) is 8.15. The fourth-order valence-corrected chi connectivity index (χ4v) is 4.47. The Bertz CT molecular complexity index is 1550. The summed E-state index contributed by atoms with van der Waals surface area (Å²) in [5.74, 6) is -1.05. The number of ether oxygens (including phenoxy) is 1. The molecule has 1 aliphatic heterocycles. The van der Waals surface area contributed by atoms with E-state index in [0.717, 1.165) is 24.8 Å². The molecule has 9 nitrogen and oxygen atoms in total. The van der Waals surface area contributed by atoms with Crippen LogP contribution in [0.25, 0.3) is 27.8 Å². The Kier molecular flexibility index (Phi) is 5.24. The van der Waals surface area contributed by atoms with Gasteiger partial charge in [-0.15, -0.1) is 0 Å². The Morgan fingerprint density at radius 3 is 2.60 bits per heavy atom. The van der Waals surface area contributed by atoms with Gasteiger partial charge in [-0.05, 0) is 24.3 Å². The molecule has 5 aromatic rings. The van der Waals surface area contributed by atoms with Gasteiger partial charge >= 0.3 is 0 Å². The van der Waals surface area contributed by atoms with Crippen LogP contribution < -0.4 is 4.90 Å². The van der Waals surface area contributed by atoms with Crippen LogP contribution in [0.5, 0.6) is 5.75 Å². The van der Waals surface area contributed by atoms with E-state index in [1.165, 1.54) is 18.6 Å². The lowest BCUT2D eigenvalue weighted by Crippen LogP contribution is -2.36. The molecule has 2 N–H and O–H groups in total. The first-order chi connectivity index (χ1) is 17.1. The highest BCUT2D eigenvalue weighted by molar-refractivity contribution is 5.94. The second kappa shape index (κ2) is 8.57. The number of anilines is 1. The van der Waals surface area contributed by atoms with Crippen LogP contribution in [0.1, 0.15) is 17.4 Å². The molecule has 0 spiro atoms. The molecule has 1 atom stereocenters. The van der Waals surface area contributed by atoms with Gasteiger partial charge in [0.1, 0.15) is 29.7 Å². The summed E-state index contributed by atoms with van der Waals surface area (Å²) in [5, 5.41) is 22.3. The number of aromatic nitrogens is 5. The first-order valence-corrected chi connectivity index (χ1v) is 11.2. The maximum atomic E-state index is 15.1. The minimum Gasteiger partial charge on any atom is -0.507 e. The summed E-state index contributed by atoms with van der Waals surface area (Å²) in [5.41, 5.74) is 2.95. The van der Waals surface area contributed by atoms with Gasteiger partial charge in [-0.25, -0.2) is 19.3 Å². The van der Waals surface area contributed by atoms with Crippen LogP contribution in [0.4, 0.5) is 10.1 Å². The molecule has 35 heavy (non-hydrogen) atoms. The summed E-state index contributed by atoms with van der Waals surface area (Å²) in [4.78, 5) is 19.4. The van der Waals surface area contributed by atoms with E-state index in [0.29, 0.717) is 35.5 Å². The number of phenolic OH excluding ortho intramolecular Hbond substituents is 1. The monoisotopic (exact) mass is 472 g/mol. The fourth-order valence-electron chi connectivity index (χ4n) is 4.47. The molecule has 1 aliphatic rings. The number of morpholine rings is 1. The van der Waals surface area contributed by atoms with Crippen LogP contribution in [0.2, 0.25) is 0 Å². The Morgan fingerprint density at radius 1 is 0.971 bits per heavy atom. The average Bonchev–Trinajstić information content (AvgIpc) is 3.38. The number of rotatable bonds is 4. The average molecular weight is 472 g/mol. The van der Waals surface area contributed by atoms with Crippen molar-refractivity contribution in [3.63, 3.8) is 0 Å². The van der Waals surface area contributed by atoms with Crippen molar-refractivity contribution in [1.82, 2.24) is 24.3 Å². The predicted octanol–water partition coefficient (Wildman–Crippen LogP) is 3.10. The van der Waals surface area contributed by atoms with Gasteiger partial charge in [0.25, 0.3) is 0 Å². The molecule has 0 bridgehead atoms. The Labute approximate surface area is 199 Å². The van der Waals surface area contributed by atoms with E-state index in [4.69, 9.17) is 4.74 Å². The van der Waals surface area contributed by atoms with Crippen molar-refractivity contribution < 1.29 is 19.3 Å². The number of benzene rings is 2. The van der Waals surface area contributed by atoms with Crippen molar-refractivity contribution >= 4 is 22.2 Å². The van der Waals surface area contributed by atoms with Crippen LogP contribution >= 0.6 is 0 Å². The SMILES string of the molecule is Oc1cc(F)c(-c2ncnc3cc(N4CCOCC4)ccc23)cc1C(O)c1nccn2ccnc12. The quantitative estimate of drug-likeness (QED) is 0.411. The number of aliphatic hydroxyl groups is 1. The standard InChI is InChI=1S/C25H21FN6O3/c26-19-13-21(33)18(24(34)23-25-28-4-6-32(25)5-3-27-23)12-17(19)22-16-2-1-15(11-20(16)29-14-30-22)31-7-9-35-10-8-31/h1-6,11-14,24,33-34H,7-10H2. The highest BCUT2D eigenvalue weighted by atomic mass is 19.1. The maximum Gasteiger partial charge on any atom is 0.161 e. The van der Waals surface area contributed by atoms with Crippen molar-refractivity contribution in [3.8, 4) is 17.0 Å². The lowest BCUT2D eigenvalue weighted by Gasteiger charge is -2.29. The molecule has 2 aromatic carbocycles. The topological polar surface area (TPSA) is 109 Å². The van der Waals surface area contributed by atoms with Crippen molar-refractivity contribution in [3.05, 3.63) is 78.5 Å². The number of aromatic hydroxyl groups is 1. The van der Waals surface area contributed by atoms with Crippen LogP contribution in [-0.2, 0) is 4.74 Å². The molecule has 0 saturated carbocycles. The molecule has 0 amide bonds. The van der Waals surface area contributed by atoms with Gasteiger partial charge in [0.15, 0.2) is 5.65 Å². The number of hydrogen-bond acceptors (Lipinski definition) is 8. The number of hydrogen-bond donors (Lipinski definition) is 2. The van der Waals surface area contributed by atoms with E-state index in [2.05, 4.69) is 24.8 Å². The van der Waals surface area contributed by atoms with Crippen LogP contribution in [0, 0.1) is 5.82 Å². The lowest BCUT2D eigenvalue weighted by atomic mass is 9.98. The normalized spacial score (nSPS) is 15.1. The third kappa shape index (κ3) is 3.72. The van der Waals surface area contributed by atoms with E-state index >= 15 is 4.39 Å². The highest BCUT2D eigenvalue weighted by Crippen LogP contribution is 2.37. The van der Waals surface area contributed by atoms with Gasteiger partial charge in [-0.2, -0.15) is 0 Å². The lowest BCUT2D eigenvalue weighted by molar-refractivity contribution is 0.122. The second-order valence-electron chi connectivity index (χ2n) is 8.29. The number of phenols is 1. The minimum absolute atomic E-state index is 0.0988. The molecule has 1 saturated heterocycles. The summed E-state index contributed by atoms with van der Waals surface area (Å²) in [6.45, 7) is 2.90. The van der Waals surface area contributed by atoms with Crippen LogP contribution in [-0.4, -0.2) is 60.9 Å². The molecule has 3 aromatic heterocycles. The van der Waals surface area contributed by atoms with Crippen molar-refractivity contribution in [2.75, 3.05) is 31.2 Å². The molecule has 6 rings (SSSR count). The van der Waals surface area contributed by atoms with Gasteiger partial charge in [0.2, 0.25) is 0 Å². The zero-order chi connectivity index (χ0) is 23.9. The zero-order valence-electron chi connectivity index (χ0n) is 18.5. The summed E-state index contributed by atoms with van der Waals surface area (Å²) >= 11 is 0. The van der Waals surface area contributed by atoms with E-state index in [-0.39, 0.29) is 22.6 Å². The molecular weight excluding hydrogens is 451 g/mol. The first-order valence-electron chi connectivity index (χ1n) is 11.2. The van der Waals surface area contributed by atoms with Crippen molar-refractivity contribution in [2.45, 2.75) is 6.10 Å². The third-order valence-corrected chi connectivity index (χ3v) is 6.26.